The first-order valence-electron chi connectivity index (χ1n) is 4.63. The molecule has 0 radical (unpaired) electrons. The molecule has 84 valence electrons. The standard InChI is InChI=1S/C11H13N3O2/c1-4-8-6-9(5-2)13-11(12-8)14(3)7-10(15)16/h4-6H,1-2,7H2,3H3,(H,15,16). The van der Waals surface area contributed by atoms with Crippen molar-refractivity contribution in [2.45, 2.75) is 0 Å². The van der Waals surface area contributed by atoms with Crippen LogP contribution in [0.2, 0.25) is 0 Å². The molecule has 0 saturated carbocycles. The topological polar surface area (TPSA) is 66.3 Å². The molecule has 16 heavy (non-hydrogen) atoms. The third-order valence-corrected chi connectivity index (χ3v) is 1.89. The highest BCUT2D eigenvalue weighted by Crippen LogP contribution is 2.10. The first kappa shape index (κ1) is 11.9. The smallest absolute Gasteiger partial charge is 0.323 e. The molecule has 1 rings (SSSR count). The van der Waals surface area contributed by atoms with Crippen LogP contribution in [0.3, 0.4) is 0 Å². The summed E-state index contributed by atoms with van der Waals surface area (Å²) in [5, 5.41) is 8.66. The van der Waals surface area contributed by atoms with Gasteiger partial charge in [0.15, 0.2) is 0 Å². The van der Waals surface area contributed by atoms with Gasteiger partial charge in [0.05, 0.1) is 11.4 Å². The molecule has 5 nitrogen and oxygen atoms in total. The van der Waals surface area contributed by atoms with Crippen molar-refractivity contribution in [3.8, 4) is 0 Å². The van der Waals surface area contributed by atoms with E-state index >= 15 is 0 Å². The van der Waals surface area contributed by atoms with E-state index in [-0.39, 0.29) is 6.54 Å². The lowest BCUT2D eigenvalue weighted by Gasteiger charge is -2.15. The van der Waals surface area contributed by atoms with Crippen molar-refractivity contribution in [1.29, 1.82) is 0 Å². The number of anilines is 1. The Bertz CT molecular complexity index is 403. The number of hydrogen-bond acceptors (Lipinski definition) is 4. The van der Waals surface area contributed by atoms with Gasteiger partial charge in [0.1, 0.15) is 6.54 Å². The van der Waals surface area contributed by atoms with Crippen molar-refractivity contribution < 1.29 is 9.90 Å². The third kappa shape index (κ3) is 2.91. The molecule has 0 aliphatic carbocycles. The molecular formula is C11H13N3O2. The average molecular weight is 219 g/mol. The molecule has 0 spiro atoms. The summed E-state index contributed by atoms with van der Waals surface area (Å²) in [5.41, 5.74) is 1.27. The number of aromatic nitrogens is 2. The molecule has 0 aliphatic rings. The zero-order chi connectivity index (χ0) is 12.1. The maximum atomic E-state index is 10.6. The third-order valence-electron chi connectivity index (χ3n) is 1.89. The van der Waals surface area contributed by atoms with E-state index in [4.69, 9.17) is 5.11 Å². The highest BCUT2D eigenvalue weighted by molar-refractivity contribution is 5.72. The van der Waals surface area contributed by atoms with Gasteiger partial charge in [-0.2, -0.15) is 0 Å². The highest BCUT2D eigenvalue weighted by atomic mass is 16.4. The minimum absolute atomic E-state index is 0.156. The number of carbonyl (C=O) groups is 1. The Balaban J connectivity index is 3.06. The number of nitrogens with zero attached hydrogens (tertiary/aromatic N) is 3. The molecule has 0 aromatic carbocycles. The van der Waals surface area contributed by atoms with E-state index in [1.807, 2.05) is 0 Å². The summed E-state index contributed by atoms with van der Waals surface area (Å²) in [7, 11) is 1.61. The van der Waals surface area contributed by atoms with Gasteiger partial charge in [-0.05, 0) is 18.2 Å². The number of carboxylic acid groups (broad SMARTS) is 1. The average Bonchev–Trinajstić information content (AvgIpc) is 2.27. The largest absolute Gasteiger partial charge is 0.480 e. The van der Waals surface area contributed by atoms with Crippen LogP contribution in [0.4, 0.5) is 5.95 Å². The Morgan fingerprint density at radius 2 is 1.94 bits per heavy atom. The van der Waals surface area contributed by atoms with Crippen molar-refractivity contribution in [2.75, 3.05) is 18.5 Å². The van der Waals surface area contributed by atoms with Crippen molar-refractivity contribution >= 4 is 24.1 Å². The van der Waals surface area contributed by atoms with Gasteiger partial charge < -0.3 is 10.0 Å². The van der Waals surface area contributed by atoms with E-state index in [0.29, 0.717) is 17.3 Å². The van der Waals surface area contributed by atoms with Crippen molar-refractivity contribution in [2.24, 2.45) is 0 Å². The summed E-state index contributed by atoms with van der Waals surface area (Å²) in [6.07, 6.45) is 3.15. The molecule has 0 amide bonds. The lowest BCUT2D eigenvalue weighted by molar-refractivity contribution is -0.135. The van der Waals surface area contributed by atoms with Crippen LogP contribution in [0.25, 0.3) is 12.2 Å². The Labute approximate surface area is 93.8 Å². The lowest BCUT2D eigenvalue weighted by atomic mass is 10.3. The fourth-order valence-corrected chi connectivity index (χ4v) is 1.13. The van der Waals surface area contributed by atoms with Crippen LogP contribution in [0.15, 0.2) is 19.2 Å². The molecular weight excluding hydrogens is 206 g/mol. The van der Waals surface area contributed by atoms with Crippen LogP contribution in [0.5, 0.6) is 0 Å². The zero-order valence-electron chi connectivity index (χ0n) is 9.05. The molecule has 5 heteroatoms. The SMILES string of the molecule is C=Cc1cc(C=C)nc(N(C)CC(=O)O)n1. The van der Waals surface area contributed by atoms with Crippen LogP contribution in [0.1, 0.15) is 11.4 Å². The van der Waals surface area contributed by atoms with Gasteiger partial charge in [0.25, 0.3) is 0 Å². The second kappa shape index (κ2) is 5.06. The van der Waals surface area contributed by atoms with Gasteiger partial charge in [0, 0.05) is 7.05 Å². The van der Waals surface area contributed by atoms with E-state index in [9.17, 15) is 4.79 Å². The normalized spacial score (nSPS) is 9.56. The molecule has 1 heterocycles. The number of carboxylic acids is 1. The second-order valence-corrected chi connectivity index (χ2v) is 3.18. The maximum absolute atomic E-state index is 10.6. The molecule has 0 saturated heterocycles. The molecule has 1 aromatic rings. The van der Waals surface area contributed by atoms with Gasteiger partial charge >= 0.3 is 5.97 Å². The van der Waals surface area contributed by atoms with Crippen LogP contribution < -0.4 is 4.90 Å². The summed E-state index contributed by atoms with van der Waals surface area (Å²) < 4.78 is 0. The van der Waals surface area contributed by atoms with Crippen LogP contribution in [-0.4, -0.2) is 34.6 Å². The predicted molar refractivity (Wildman–Crippen MR) is 63.1 cm³/mol. The van der Waals surface area contributed by atoms with E-state index < -0.39 is 5.97 Å². The number of aliphatic carboxylic acids is 1. The zero-order valence-corrected chi connectivity index (χ0v) is 9.05. The Morgan fingerprint density at radius 3 is 2.31 bits per heavy atom. The summed E-state index contributed by atoms with van der Waals surface area (Å²) in [5.74, 6) is -0.593. The van der Waals surface area contributed by atoms with Crippen LogP contribution >= 0.6 is 0 Å². The molecule has 0 atom stereocenters. The van der Waals surface area contributed by atoms with Gasteiger partial charge in [-0.3, -0.25) is 4.79 Å². The van der Waals surface area contributed by atoms with Crippen molar-refractivity contribution in [1.82, 2.24) is 9.97 Å². The van der Waals surface area contributed by atoms with Crippen LogP contribution in [0, 0.1) is 0 Å². The minimum atomic E-state index is -0.935. The highest BCUT2D eigenvalue weighted by Gasteiger charge is 2.09. The molecule has 1 N–H and O–H groups in total. The van der Waals surface area contributed by atoms with E-state index in [1.54, 1.807) is 25.3 Å². The Hall–Kier alpha value is -2.17. The fourth-order valence-electron chi connectivity index (χ4n) is 1.13. The first-order valence-corrected chi connectivity index (χ1v) is 4.63. The summed E-state index contributed by atoms with van der Waals surface area (Å²) >= 11 is 0. The molecule has 0 unspecified atom stereocenters. The Kier molecular flexibility index (Phi) is 3.77. The Morgan fingerprint density at radius 1 is 1.44 bits per heavy atom. The molecule has 1 aromatic heterocycles. The minimum Gasteiger partial charge on any atom is -0.480 e. The fraction of sp³-hybridized carbons (Fsp3) is 0.182. The summed E-state index contributed by atoms with van der Waals surface area (Å²) in [6.45, 7) is 7.06. The van der Waals surface area contributed by atoms with Crippen molar-refractivity contribution in [3.05, 3.63) is 30.6 Å². The quantitative estimate of drug-likeness (QED) is 0.808. The monoisotopic (exact) mass is 219 g/mol. The molecule has 0 fully saturated rings. The van der Waals surface area contributed by atoms with E-state index in [1.165, 1.54) is 4.90 Å². The number of rotatable bonds is 5. The predicted octanol–water partition coefficient (Wildman–Crippen LogP) is 1.28. The van der Waals surface area contributed by atoms with E-state index in [2.05, 4.69) is 23.1 Å². The van der Waals surface area contributed by atoms with Crippen LogP contribution in [-0.2, 0) is 4.79 Å². The van der Waals surface area contributed by atoms with Gasteiger partial charge in [0.2, 0.25) is 5.95 Å². The van der Waals surface area contributed by atoms with Gasteiger partial charge in [-0.1, -0.05) is 13.2 Å². The van der Waals surface area contributed by atoms with E-state index in [0.717, 1.165) is 0 Å². The summed E-state index contributed by atoms with van der Waals surface area (Å²) in [6, 6.07) is 1.72. The molecule has 0 bridgehead atoms. The summed E-state index contributed by atoms with van der Waals surface area (Å²) in [4.78, 5) is 20.3. The molecule has 0 aliphatic heterocycles. The number of likely N-dealkylation sites (N-methyl/N-ethyl adjacent to an activating group) is 1. The number of hydrogen-bond donors (Lipinski definition) is 1. The lowest BCUT2D eigenvalue weighted by Crippen LogP contribution is -2.27. The van der Waals surface area contributed by atoms with Gasteiger partial charge in [-0.25, -0.2) is 9.97 Å². The van der Waals surface area contributed by atoms with Gasteiger partial charge in [-0.15, -0.1) is 0 Å². The van der Waals surface area contributed by atoms with Crippen molar-refractivity contribution in [3.63, 3.8) is 0 Å². The first-order chi connectivity index (χ1) is 7.56. The maximum Gasteiger partial charge on any atom is 0.323 e. The second-order valence-electron chi connectivity index (χ2n) is 3.18.